The molecule has 3 N–H and O–H groups in total. The molecule has 1 fully saturated rings. The van der Waals surface area contributed by atoms with Crippen molar-refractivity contribution in [3.05, 3.63) is 64.7 Å². The molecule has 2 unspecified atom stereocenters. The highest BCUT2D eigenvalue weighted by molar-refractivity contribution is 7.98. The lowest BCUT2D eigenvalue weighted by Gasteiger charge is -2.14. The van der Waals surface area contributed by atoms with Crippen LogP contribution in [0, 0.1) is 19.8 Å². The Morgan fingerprint density at radius 1 is 1.22 bits per heavy atom. The summed E-state index contributed by atoms with van der Waals surface area (Å²) in [7, 11) is 0. The van der Waals surface area contributed by atoms with E-state index in [2.05, 4.69) is 48.7 Å². The average Bonchev–Trinajstić information content (AvgIpc) is 3.04. The van der Waals surface area contributed by atoms with Crippen LogP contribution in [-0.4, -0.2) is 36.8 Å². The second kappa shape index (κ2) is 10.1. The first-order valence-electron chi connectivity index (χ1n) is 8.99. The minimum Gasteiger partial charge on any atom is -0.391 e. The molecule has 1 saturated heterocycles. The van der Waals surface area contributed by atoms with Gasteiger partial charge in [-0.15, -0.1) is 24.2 Å². The van der Waals surface area contributed by atoms with E-state index in [-0.39, 0.29) is 30.3 Å². The van der Waals surface area contributed by atoms with Gasteiger partial charge in [-0.1, -0.05) is 29.8 Å². The van der Waals surface area contributed by atoms with E-state index in [9.17, 15) is 9.90 Å². The number of β-amino-alcohol motifs (C(OH)–C–C–N with tert-alkyl or cyclic N) is 1. The molecule has 1 aliphatic heterocycles. The predicted molar refractivity (Wildman–Crippen MR) is 114 cm³/mol. The van der Waals surface area contributed by atoms with Crippen LogP contribution in [0.4, 0.5) is 0 Å². The molecule has 4 nitrogen and oxygen atoms in total. The maximum atomic E-state index is 12.4. The fourth-order valence-corrected chi connectivity index (χ4v) is 4.13. The number of carbonyl (C=O) groups excluding carboxylic acids is 1. The number of hydrogen-bond donors (Lipinski definition) is 3. The van der Waals surface area contributed by atoms with Crippen molar-refractivity contribution < 1.29 is 9.90 Å². The number of aryl methyl sites for hydroxylation is 2. The minimum absolute atomic E-state index is 0. The number of aliphatic hydroxyl groups is 1. The van der Waals surface area contributed by atoms with Crippen molar-refractivity contribution in [2.45, 2.75) is 30.6 Å². The number of aliphatic hydroxyl groups excluding tert-OH is 1. The number of thioether (sulfide) groups is 1. The highest BCUT2D eigenvalue weighted by Gasteiger charge is 2.25. The summed E-state index contributed by atoms with van der Waals surface area (Å²) in [5, 5.41) is 15.9. The van der Waals surface area contributed by atoms with Gasteiger partial charge in [0.2, 0.25) is 0 Å². The summed E-state index contributed by atoms with van der Waals surface area (Å²) < 4.78 is 0. The van der Waals surface area contributed by atoms with Gasteiger partial charge in [-0.3, -0.25) is 4.79 Å². The summed E-state index contributed by atoms with van der Waals surface area (Å²) >= 11 is 1.79. The Hall–Kier alpha value is -1.53. The molecular formula is C21H27ClN2O2S. The average molecular weight is 407 g/mol. The van der Waals surface area contributed by atoms with Crippen LogP contribution in [-0.2, 0) is 5.75 Å². The van der Waals surface area contributed by atoms with E-state index in [0.29, 0.717) is 18.7 Å². The van der Waals surface area contributed by atoms with Crippen molar-refractivity contribution in [1.29, 1.82) is 0 Å². The third-order valence-electron chi connectivity index (χ3n) is 4.74. The standard InChI is InChI=1S/C21H26N2O2S.ClH/c1-14-6-7-20(15(2)8-14)26-13-16-4-3-5-17(9-16)21(25)23-11-18-10-22-12-19(18)24;/h3-9,18-19,22,24H,10-13H2,1-2H3,(H,23,25);1H. The van der Waals surface area contributed by atoms with Gasteiger partial charge in [0.1, 0.15) is 0 Å². The zero-order chi connectivity index (χ0) is 18.5. The molecule has 3 rings (SSSR count). The third kappa shape index (κ3) is 5.98. The van der Waals surface area contributed by atoms with E-state index in [0.717, 1.165) is 17.9 Å². The van der Waals surface area contributed by atoms with E-state index in [1.54, 1.807) is 11.8 Å². The summed E-state index contributed by atoms with van der Waals surface area (Å²) in [6.07, 6.45) is -0.379. The molecule has 0 radical (unpaired) electrons. The van der Waals surface area contributed by atoms with Crippen molar-refractivity contribution in [3.8, 4) is 0 Å². The smallest absolute Gasteiger partial charge is 0.251 e. The zero-order valence-electron chi connectivity index (χ0n) is 15.7. The van der Waals surface area contributed by atoms with Crippen LogP contribution < -0.4 is 10.6 Å². The molecule has 2 aromatic carbocycles. The van der Waals surface area contributed by atoms with Crippen LogP contribution in [0.3, 0.4) is 0 Å². The molecule has 0 aliphatic carbocycles. The Morgan fingerprint density at radius 3 is 2.74 bits per heavy atom. The fraction of sp³-hybridized carbons (Fsp3) is 0.381. The van der Waals surface area contributed by atoms with E-state index < -0.39 is 0 Å². The maximum Gasteiger partial charge on any atom is 0.251 e. The van der Waals surface area contributed by atoms with Crippen molar-refractivity contribution in [1.82, 2.24) is 10.6 Å². The van der Waals surface area contributed by atoms with E-state index in [1.807, 2.05) is 18.2 Å². The van der Waals surface area contributed by atoms with Crippen LogP contribution in [0.1, 0.15) is 27.0 Å². The molecule has 0 spiro atoms. The highest BCUT2D eigenvalue weighted by atomic mass is 35.5. The number of halogens is 1. The van der Waals surface area contributed by atoms with Gasteiger partial charge in [-0.25, -0.2) is 0 Å². The van der Waals surface area contributed by atoms with Gasteiger partial charge in [0.15, 0.2) is 0 Å². The van der Waals surface area contributed by atoms with Gasteiger partial charge in [-0.2, -0.15) is 0 Å². The van der Waals surface area contributed by atoms with Crippen LogP contribution in [0.5, 0.6) is 0 Å². The zero-order valence-corrected chi connectivity index (χ0v) is 17.3. The summed E-state index contributed by atoms with van der Waals surface area (Å²) in [5.41, 5.74) is 4.36. The number of nitrogens with one attached hydrogen (secondary N) is 2. The first kappa shape index (κ1) is 21.8. The number of carbonyl (C=O) groups is 1. The largest absolute Gasteiger partial charge is 0.391 e. The Kier molecular flexibility index (Phi) is 8.17. The Morgan fingerprint density at radius 2 is 2.04 bits per heavy atom. The lowest BCUT2D eigenvalue weighted by atomic mass is 10.1. The molecule has 1 aliphatic rings. The predicted octanol–water partition coefficient (Wildman–Crippen LogP) is 3.33. The molecule has 1 amide bonds. The van der Waals surface area contributed by atoms with Crippen LogP contribution in [0.25, 0.3) is 0 Å². The fourth-order valence-electron chi connectivity index (χ4n) is 3.18. The molecule has 1 heterocycles. The van der Waals surface area contributed by atoms with Crippen molar-refractivity contribution in [3.63, 3.8) is 0 Å². The van der Waals surface area contributed by atoms with Crippen molar-refractivity contribution in [2.24, 2.45) is 5.92 Å². The summed E-state index contributed by atoms with van der Waals surface area (Å²) in [4.78, 5) is 13.7. The highest BCUT2D eigenvalue weighted by Crippen LogP contribution is 2.27. The second-order valence-corrected chi connectivity index (χ2v) is 7.97. The molecule has 0 saturated carbocycles. The molecule has 6 heteroatoms. The third-order valence-corrected chi connectivity index (χ3v) is 5.99. The molecule has 146 valence electrons. The number of rotatable bonds is 6. The van der Waals surface area contributed by atoms with Gasteiger partial charge in [0.25, 0.3) is 5.91 Å². The van der Waals surface area contributed by atoms with Crippen molar-refractivity contribution >= 4 is 30.1 Å². The summed E-state index contributed by atoms with van der Waals surface area (Å²) in [5.74, 6) is 0.834. The van der Waals surface area contributed by atoms with E-state index in [1.165, 1.54) is 16.0 Å². The molecule has 0 aromatic heterocycles. The Balaban J connectivity index is 0.00000261. The molecule has 2 atom stereocenters. The first-order chi connectivity index (χ1) is 12.5. The normalized spacial score (nSPS) is 18.8. The van der Waals surface area contributed by atoms with Crippen molar-refractivity contribution in [2.75, 3.05) is 19.6 Å². The number of hydrogen-bond acceptors (Lipinski definition) is 4. The van der Waals surface area contributed by atoms with Gasteiger partial charge < -0.3 is 15.7 Å². The Labute approximate surface area is 171 Å². The van der Waals surface area contributed by atoms with E-state index >= 15 is 0 Å². The van der Waals surface area contributed by atoms with Crippen LogP contribution >= 0.6 is 24.2 Å². The van der Waals surface area contributed by atoms with Crippen LogP contribution in [0.2, 0.25) is 0 Å². The monoisotopic (exact) mass is 406 g/mol. The van der Waals surface area contributed by atoms with Crippen LogP contribution in [0.15, 0.2) is 47.4 Å². The lowest BCUT2D eigenvalue weighted by Crippen LogP contribution is -2.34. The molecule has 0 bridgehead atoms. The topological polar surface area (TPSA) is 61.4 Å². The second-order valence-electron chi connectivity index (χ2n) is 6.95. The minimum atomic E-state index is -0.379. The molecular weight excluding hydrogens is 380 g/mol. The molecule has 2 aromatic rings. The SMILES string of the molecule is Cc1ccc(SCc2cccc(C(=O)NCC3CNCC3O)c2)c(C)c1.Cl. The lowest BCUT2D eigenvalue weighted by molar-refractivity contribution is 0.0927. The van der Waals surface area contributed by atoms with Gasteiger partial charge >= 0.3 is 0 Å². The molecule has 27 heavy (non-hydrogen) atoms. The maximum absolute atomic E-state index is 12.4. The Bertz CT molecular complexity index is 785. The van der Waals surface area contributed by atoms with Gasteiger partial charge in [-0.05, 0) is 43.2 Å². The van der Waals surface area contributed by atoms with E-state index in [4.69, 9.17) is 0 Å². The quantitative estimate of drug-likeness (QED) is 0.644. The number of benzene rings is 2. The first-order valence-corrected chi connectivity index (χ1v) is 9.97. The van der Waals surface area contributed by atoms with Gasteiger partial charge in [0, 0.05) is 41.8 Å². The summed E-state index contributed by atoms with van der Waals surface area (Å²) in [6.45, 7) is 6.07. The summed E-state index contributed by atoms with van der Waals surface area (Å²) in [6, 6.07) is 14.3. The number of amides is 1. The van der Waals surface area contributed by atoms with Gasteiger partial charge in [0.05, 0.1) is 6.10 Å².